The molecule has 0 amide bonds. The molecule has 0 rings (SSSR count). The maximum atomic E-state index is 12.8. The highest BCUT2D eigenvalue weighted by atomic mass is 16.6. The van der Waals surface area contributed by atoms with E-state index in [0.717, 1.165) is 64.2 Å². The minimum atomic E-state index is -0.778. The molecule has 0 aromatic carbocycles. The van der Waals surface area contributed by atoms with Crippen molar-refractivity contribution in [2.45, 2.75) is 316 Å². The Morgan fingerprint density at radius 1 is 0.288 bits per heavy atom. The minimum absolute atomic E-state index is 0.0769. The van der Waals surface area contributed by atoms with Crippen LogP contribution in [0.15, 0.2) is 36.5 Å². The minimum Gasteiger partial charge on any atom is -0.462 e. The molecule has 1 atom stereocenters. The smallest absolute Gasteiger partial charge is 0.306 e. The summed E-state index contributed by atoms with van der Waals surface area (Å²) in [4.78, 5) is 38.1. The monoisotopic (exact) mass is 927 g/mol. The fourth-order valence-electron chi connectivity index (χ4n) is 8.43. The second-order valence-corrected chi connectivity index (χ2v) is 19.5. The van der Waals surface area contributed by atoms with Crippen molar-refractivity contribution in [3.63, 3.8) is 0 Å². The molecular formula is C60H110O6. The van der Waals surface area contributed by atoms with E-state index < -0.39 is 6.10 Å². The number of hydrogen-bond donors (Lipinski definition) is 0. The van der Waals surface area contributed by atoms with Crippen molar-refractivity contribution in [2.24, 2.45) is 0 Å². The quantitative estimate of drug-likeness (QED) is 0.0262. The lowest BCUT2D eigenvalue weighted by Gasteiger charge is -2.18. The normalized spacial score (nSPS) is 12.2. The summed E-state index contributed by atoms with van der Waals surface area (Å²) in [7, 11) is 0. The van der Waals surface area contributed by atoms with Gasteiger partial charge in [-0.2, -0.15) is 0 Å². The molecule has 0 aromatic rings. The predicted molar refractivity (Wildman–Crippen MR) is 284 cm³/mol. The molecule has 0 spiro atoms. The third-order valence-corrected chi connectivity index (χ3v) is 12.8. The fourth-order valence-corrected chi connectivity index (χ4v) is 8.43. The van der Waals surface area contributed by atoms with Crippen molar-refractivity contribution in [2.75, 3.05) is 13.2 Å². The van der Waals surface area contributed by atoms with E-state index in [-0.39, 0.29) is 31.1 Å². The second kappa shape index (κ2) is 55.2. The first-order valence-corrected chi connectivity index (χ1v) is 29.0. The number of unbranched alkanes of at least 4 members (excludes halogenated alkanes) is 36. The zero-order valence-electron chi connectivity index (χ0n) is 44.2. The summed E-state index contributed by atoms with van der Waals surface area (Å²) in [6.45, 7) is 6.64. The van der Waals surface area contributed by atoms with E-state index in [2.05, 4.69) is 57.2 Å². The molecule has 0 aliphatic rings. The lowest BCUT2D eigenvalue weighted by atomic mass is 10.1. The number of hydrogen-bond acceptors (Lipinski definition) is 6. The molecule has 0 saturated carbocycles. The SMILES string of the molecule is CCCCCC/C=C\CCCCCCCCCC(=O)OCC(COC(=O)CCCCCCCCC/C=C\CCCCCCCC)OC(=O)CCCCCCC/C=C\CCCCCCCCC. The Kier molecular flexibility index (Phi) is 53.2. The Balaban J connectivity index is 4.37. The molecule has 0 fully saturated rings. The van der Waals surface area contributed by atoms with Gasteiger partial charge in [-0.3, -0.25) is 14.4 Å². The molecule has 0 saturated heterocycles. The number of carbonyl (C=O) groups is 3. The molecule has 0 aliphatic heterocycles. The van der Waals surface area contributed by atoms with E-state index in [1.807, 2.05) is 0 Å². The third kappa shape index (κ3) is 52.6. The summed E-state index contributed by atoms with van der Waals surface area (Å²) in [6, 6.07) is 0. The molecule has 0 N–H and O–H groups in total. The number of esters is 3. The Morgan fingerprint density at radius 3 is 0.773 bits per heavy atom. The molecule has 0 aromatic heterocycles. The van der Waals surface area contributed by atoms with Gasteiger partial charge < -0.3 is 14.2 Å². The van der Waals surface area contributed by atoms with Crippen molar-refractivity contribution in [1.82, 2.24) is 0 Å². The van der Waals surface area contributed by atoms with Gasteiger partial charge in [-0.25, -0.2) is 0 Å². The second-order valence-electron chi connectivity index (χ2n) is 19.5. The van der Waals surface area contributed by atoms with Gasteiger partial charge in [0.1, 0.15) is 13.2 Å². The van der Waals surface area contributed by atoms with Gasteiger partial charge in [-0.05, 0) is 96.3 Å². The Morgan fingerprint density at radius 2 is 0.500 bits per heavy atom. The standard InChI is InChI=1S/C60H110O6/c1-4-7-10-13-16-19-22-25-28-30-33-35-38-41-44-47-50-53-59(62)65-56-57(55-64-58(61)52-49-46-43-40-37-34-31-27-24-21-18-15-12-9-6-3)66-60(63)54-51-48-45-42-39-36-32-29-26-23-20-17-14-11-8-5-2/h21,24-25,28-29,32,57H,4-20,22-23,26-27,30-31,33-56H2,1-3H3/b24-21-,28-25-,32-29-. The van der Waals surface area contributed by atoms with E-state index in [0.29, 0.717) is 19.3 Å². The molecule has 6 heteroatoms. The van der Waals surface area contributed by atoms with E-state index >= 15 is 0 Å². The van der Waals surface area contributed by atoms with Gasteiger partial charge in [0.25, 0.3) is 0 Å². The van der Waals surface area contributed by atoms with Gasteiger partial charge in [-0.1, -0.05) is 231 Å². The first-order valence-electron chi connectivity index (χ1n) is 29.0. The van der Waals surface area contributed by atoms with E-state index in [1.54, 1.807) is 0 Å². The van der Waals surface area contributed by atoms with Crippen LogP contribution in [0.25, 0.3) is 0 Å². The molecule has 66 heavy (non-hydrogen) atoms. The van der Waals surface area contributed by atoms with Crippen LogP contribution in [-0.2, 0) is 28.6 Å². The number of rotatable bonds is 53. The third-order valence-electron chi connectivity index (χ3n) is 12.8. The van der Waals surface area contributed by atoms with Crippen molar-refractivity contribution >= 4 is 17.9 Å². The molecule has 386 valence electrons. The maximum absolute atomic E-state index is 12.8. The van der Waals surface area contributed by atoms with E-state index in [1.165, 1.54) is 205 Å². The zero-order chi connectivity index (χ0) is 47.9. The van der Waals surface area contributed by atoms with Crippen molar-refractivity contribution in [3.8, 4) is 0 Å². The Labute approximate surface area is 410 Å². The van der Waals surface area contributed by atoms with Crippen LogP contribution >= 0.6 is 0 Å². The molecule has 0 bridgehead atoms. The van der Waals surface area contributed by atoms with Crippen molar-refractivity contribution in [1.29, 1.82) is 0 Å². The first kappa shape index (κ1) is 63.6. The lowest BCUT2D eigenvalue weighted by molar-refractivity contribution is -0.167. The maximum Gasteiger partial charge on any atom is 0.306 e. The molecule has 0 radical (unpaired) electrons. The molecule has 6 nitrogen and oxygen atoms in total. The van der Waals surface area contributed by atoms with Crippen molar-refractivity contribution < 1.29 is 28.6 Å². The highest BCUT2D eigenvalue weighted by Crippen LogP contribution is 2.15. The van der Waals surface area contributed by atoms with Crippen LogP contribution in [0, 0.1) is 0 Å². The number of carbonyl (C=O) groups excluding carboxylic acids is 3. The predicted octanol–water partition coefficient (Wildman–Crippen LogP) is 19.3. The summed E-state index contributed by atoms with van der Waals surface area (Å²) >= 11 is 0. The van der Waals surface area contributed by atoms with Gasteiger partial charge in [0.2, 0.25) is 0 Å². The largest absolute Gasteiger partial charge is 0.462 e. The van der Waals surface area contributed by atoms with Crippen LogP contribution in [0.1, 0.15) is 310 Å². The topological polar surface area (TPSA) is 78.9 Å². The highest BCUT2D eigenvalue weighted by Gasteiger charge is 2.19. The van der Waals surface area contributed by atoms with Gasteiger partial charge in [0.15, 0.2) is 6.10 Å². The molecule has 0 heterocycles. The molecular weight excluding hydrogens is 817 g/mol. The van der Waals surface area contributed by atoms with Crippen LogP contribution < -0.4 is 0 Å². The summed E-state index contributed by atoms with van der Waals surface area (Å²) < 4.78 is 16.9. The molecule has 1 unspecified atom stereocenters. The zero-order valence-corrected chi connectivity index (χ0v) is 44.2. The molecule has 0 aliphatic carbocycles. The summed E-state index contributed by atoms with van der Waals surface area (Å²) in [5.74, 6) is -0.878. The van der Waals surface area contributed by atoms with Crippen LogP contribution in [0.3, 0.4) is 0 Å². The van der Waals surface area contributed by atoms with E-state index in [4.69, 9.17) is 14.2 Å². The van der Waals surface area contributed by atoms with Crippen LogP contribution in [-0.4, -0.2) is 37.2 Å². The van der Waals surface area contributed by atoms with E-state index in [9.17, 15) is 14.4 Å². The van der Waals surface area contributed by atoms with Gasteiger partial charge in [0, 0.05) is 19.3 Å². The lowest BCUT2D eigenvalue weighted by Crippen LogP contribution is -2.30. The van der Waals surface area contributed by atoms with Gasteiger partial charge in [0.05, 0.1) is 0 Å². The Bertz CT molecular complexity index is 1110. The van der Waals surface area contributed by atoms with Gasteiger partial charge in [-0.15, -0.1) is 0 Å². The average molecular weight is 928 g/mol. The van der Waals surface area contributed by atoms with Crippen LogP contribution in [0.2, 0.25) is 0 Å². The fraction of sp³-hybridized carbons (Fsp3) is 0.850. The summed E-state index contributed by atoms with van der Waals surface area (Å²) in [6.07, 6.45) is 65.6. The van der Waals surface area contributed by atoms with Crippen LogP contribution in [0.4, 0.5) is 0 Å². The van der Waals surface area contributed by atoms with Gasteiger partial charge >= 0.3 is 17.9 Å². The Hall–Kier alpha value is -2.37. The van der Waals surface area contributed by atoms with Crippen LogP contribution in [0.5, 0.6) is 0 Å². The highest BCUT2D eigenvalue weighted by molar-refractivity contribution is 5.71. The number of ether oxygens (including phenoxy) is 3. The first-order chi connectivity index (χ1) is 32.5. The average Bonchev–Trinajstić information content (AvgIpc) is 3.31. The summed E-state index contributed by atoms with van der Waals surface area (Å²) in [5.41, 5.74) is 0. The van der Waals surface area contributed by atoms with Crippen molar-refractivity contribution in [3.05, 3.63) is 36.5 Å². The summed E-state index contributed by atoms with van der Waals surface area (Å²) in [5, 5.41) is 0. The number of allylic oxidation sites excluding steroid dienone is 6.